The highest BCUT2D eigenvalue weighted by Crippen LogP contribution is 2.12. The van der Waals surface area contributed by atoms with Crippen LogP contribution in [0.3, 0.4) is 0 Å². The molecule has 4 atom stereocenters. The predicted octanol–water partition coefficient (Wildman–Crippen LogP) is -0.651. The van der Waals surface area contributed by atoms with E-state index in [0.29, 0.717) is 11.3 Å². The predicted molar refractivity (Wildman–Crippen MR) is 137 cm³/mol. The minimum Gasteiger partial charge on any atom is -0.508 e. The average Bonchev–Trinajstić information content (AvgIpc) is 2.83. The third-order valence-electron chi connectivity index (χ3n) is 5.06. The molecule has 0 saturated carbocycles. The van der Waals surface area contributed by atoms with Crippen LogP contribution in [0.4, 0.5) is 0 Å². The third-order valence-corrected chi connectivity index (χ3v) is 6.07. The van der Waals surface area contributed by atoms with E-state index in [1.165, 1.54) is 36.0 Å². The fraction of sp³-hybridized carbons (Fsp3) is 0.500. The van der Waals surface area contributed by atoms with E-state index < -0.39 is 53.8 Å². The Labute approximate surface area is 218 Å². The summed E-state index contributed by atoms with van der Waals surface area (Å²) in [6, 6.07) is 1.18. The van der Waals surface area contributed by atoms with Crippen molar-refractivity contribution in [2.45, 2.75) is 49.9 Å². The molecule has 1 aromatic rings. The number of nitrogens with two attached hydrogens (primary N) is 1. The summed E-state index contributed by atoms with van der Waals surface area (Å²) in [6.07, 6.45) is 1.50. The maximum Gasteiger partial charge on any atom is 0.326 e. The molecule has 0 aromatic heterocycles. The molecule has 0 spiro atoms. The summed E-state index contributed by atoms with van der Waals surface area (Å²) in [5.41, 5.74) is 6.24. The highest BCUT2D eigenvalue weighted by Gasteiger charge is 2.30. The first kappa shape index (κ1) is 31.1. The number of phenols is 1. The molecule has 200 valence electrons. The number of carboxylic acids is 2. The lowest BCUT2D eigenvalue weighted by molar-refractivity contribution is -0.142. The fourth-order valence-electron chi connectivity index (χ4n) is 3.00. The van der Waals surface area contributed by atoms with Gasteiger partial charge in [-0.3, -0.25) is 19.2 Å². The number of benzene rings is 1. The first-order valence-electron chi connectivity index (χ1n) is 11.0. The van der Waals surface area contributed by atoms with Crippen molar-refractivity contribution in [2.75, 3.05) is 17.8 Å². The highest BCUT2D eigenvalue weighted by molar-refractivity contribution is 7.98. The van der Waals surface area contributed by atoms with Crippen LogP contribution in [0, 0.1) is 0 Å². The minimum atomic E-state index is -1.29. The van der Waals surface area contributed by atoms with Crippen molar-refractivity contribution in [3.05, 3.63) is 29.8 Å². The molecule has 1 rings (SSSR count). The summed E-state index contributed by atoms with van der Waals surface area (Å²) in [5, 5.41) is 35.0. The van der Waals surface area contributed by atoms with Gasteiger partial charge in [-0.15, -0.1) is 0 Å². The Kier molecular flexibility index (Phi) is 13.7. The Morgan fingerprint density at radius 2 is 1.47 bits per heavy atom. The number of hydrogen-bond donors (Lipinski definition) is 8. The number of carbonyl (C=O) groups is 5. The Balaban J connectivity index is 2.87. The van der Waals surface area contributed by atoms with E-state index in [1.54, 1.807) is 6.26 Å². The molecule has 12 nitrogen and oxygen atoms in total. The van der Waals surface area contributed by atoms with Crippen LogP contribution in [0.25, 0.3) is 0 Å². The van der Waals surface area contributed by atoms with Crippen LogP contribution in [0.5, 0.6) is 5.75 Å². The van der Waals surface area contributed by atoms with E-state index in [2.05, 4.69) is 28.6 Å². The van der Waals surface area contributed by atoms with Gasteiger partial charge in [0, 0.05) is 18.6 Å². The van der Waals surface area contributed by atoms with Crippen molar-refractivity contribution in [2.24, 2.45) is 5.73 Å². The number of rotatable bonds is 16. The van der Waals surface area contributed by atoms with Crippen LogP contribution in [0.15, 0.2) is 24.3 Å². The number of nitrogens with one attached hydrogen (secondary N) is 3. The van der Waals surface area contributed by atoms with Gasteiger partial charge in [0.15, 0.2) is 0 Å². The molecule has 0 fully saturated rings. The van der Waals surface area contributed by atoms with Crippen LogP contribution in [-0.4, -0.2) is 86.9 Å². The van der Waals surface area contributed by atoms with Crippen molar-refractivity contribution in [1.82, 2.24) is 16.0 Å². The summed E-state index contributed by atoms with van der Waals surface area (Å²) in [6.45, 7) is 0. The van der Waals surface area contributed by atoms with Gasteiger partial charge in [-0.1, -0.05) is 12.1 Å². The number of thioether (sulfide) groups is 1. The second-order valence-electron chi connectivity index (χ2n) is 7.90. The van der Waals surface area contributed by atoms with Crippen LogP contribution in [-0.2, 0) is 30.4 Å². The number of carbonyl (C=O) groups excluding carboxylic acids is 3. The standard InChI is InChI=1S/C22H32N4O8S2/c1-36-9-8-15(20(31)25-16(22(33)34)10-12-2-4-13(27)5-3-12)24-21(32)17(11-35)26-19(30)14(23)6-7-18(28)29/h2-5,14-17,27,35H,6-11,23H2,1H3,(H,24,32)(H,25,31)(H,26,30)(H,28,29)(H,33,34). The second-order valence-corrected chi connectivity index (χ2v) is 9.25. The van der Waals surface area contributed by atoms with Crippen LogP contribution in [0.1, 0.15) is 24.8 Å². The molecular weight excluding hydrogens is 512 g/mol. The van der Waals surface area contributed by atoms with Gasteiger partial charge < -0.3 is 37.0 Å². The summed E-state index contributed by atoms with van der Waals surface area (Å²) in [7, 11) is 0. The Morgan fingerprint density at radius 3 is 2.00 bits per heavy atom. The number of aliphatic carboxylic acids is 2. The molecule has 36 heavy (non-hydrogen) atoms. The van der Waals surface area contributed by atoms with Crippen molar-refractivity contribution in [1.29, 1.82) is 0 Å². The van der Waals surface area contributed by atoms with Gasteiger partial charge >= 0.3 is 11.9 Å². The maximum atomic E-state index is 12.9. The van der Waals surface area contributed by atoms with Gasteiger partial charge in [0.05, 0.1) is 6.04 Å². The van der Waals surface area contributed by atoms with E-state index >= 15 is 0 Å². The molecule has 0 aliphatic rings. The second kappa shape index (κ2) is 15.9. The van der Waals surface area contributed by atoms with Gasteiger partial charge in [-0.2, -0.15) is 24.4 Å². The largest absolute Gasteiger partial charge is 0.508 e. The molecule has 14 heteroatoms. The molecule has 1 aromatic carbocycles. The van der Waals surface area contributed by atoms with Crippen molar-refractivity contribution in [3.63, 3.8) is 0 Å². The molecule has 0 aliphatic heterocycles. The normalized spacial score (nSPS) is 14.1. The zero-order valence-electron chi connectivity index (χ0n) is 19.7. The first-order chi connectivity index (χ1) is 17.0. The van der Waals surface area contributed by atoms with Gasteiger partial charge in [-0.05, 0) is 42.5 Å². The van der Waals surface area contributed by atoms with E-state index in [4.69, 9.17) is 10.8 Å². The highest BCUT2D eigenvalue weighted by atomic mass is 32.2. The van der Waals surface area contributed by atoms with Gasteiger partial charge in [0.25, 0.3) is 0 Å². The van der Waals surface area contributed by atoms with Gasteiger partial charge in [-0.25, -0.2) is 4.79 Å². The zero-order valence-corrected chi connectivity index (χ0v) is 21.4. The number of carboxylic acid groups (broad SMARTS) is 2. The topological polar surface area (TPSA) is 208 Å². The lowest BCUT2D eigenvalue weighted by Gasteiger charge is -2.24. The van der Waals surface area contributed by atoms with Gasteiger partial charge in [0.1, 0.15) is 23.9 Å². The van der Waals surface area contributed by atoms with Gasteiger partial charge in [0.2, 0.25) is 17.7 Å². The minimum absolute atomic E-state index is 0.0168. The molecule has 0 saturated heterocycles. The van der Waals surface area contributed by atoms with E-state index in [1.807, 2.05) is 0 Å². The monoisotopic (exact) mass is 544 g/mol. The van der Waals surface area contributed by atoms with Crippen LogP contribution in [0.2, 0.25) is 0 Å². The fourth-order valence-corrected chi connectivity index (χ4v) is 3.73. The molecule has 0 heterocycles. The number of hydrogen-bond acceptors (Lipinski definition) is 9. The van der Waals surface area contributed by atoms with E-state index in [0.717, 1.165) is 0 Å². The molecule has 4 unspecified atom stereocenters. The lowest BCUT2D eigenvalue weighted by Crippen LogP contribution is -2.58. The number of thiol groups is 1. The summed E-state index contributed by atoms with van der Waals surface area (Å²) >= 11 is 5.48. The Morgan fingerprint density at radius 1 is 0.917 bits per heavy atom. The summed E-state index contributed by atoms with van der Waals surface area (Å²) < 4.78 is 0. The van der Waals surface area contributed by atoms with Crippen molar-refractivity contribution >= 4 is 54.1 Å². The molecule has 0 radical (unpaired) electrons. The Hall–Kier alpha value is -2.97. The molecule has 3 amide bonds. The van der Waals surface area contributed by atoms with Crippen molar-refractivity contribution in [3.8, 4) is 5.75 Å². The smallest absolute Gasteiger partial charge is 0.326 e. The molecule has 0 bridgehead atoms. The number of amides is 3. The summed E-state index contributed by atoms with van der Waals surface area (Å²) in [5.74, 6) is -4.21. The third kappa shape index (κ3) is 11.2. The van der Waals surface area contributed by atoms with Crippen molar-refractivity contribution < 1.29 is 39.3 Å². The number of aromatic hydroxyl groups is 1. The maximum absolute atomic E-state index is 12.9. The lowest BCUT2D eigenvalue weighted by atomic mass is 10.0. The first-order valence-corrected chi connectivity index (χ1v) is 13.0. The molecule has 8 N–H and O–H groups in total. The molecule has 0 aliphatic carbocycles. The van der Waals surface area contributed by atoms with E-state index in [-0.39, 0.29) is 37.2 Å². The quantitative estimate of drug-likeness (QED) is 0.123. The average molecular weight is 545 g/mol. The van der Waals surface area contributed by atoms with Crippen LogP contribution < -0.4 is 21.7 Å². The summed E-state index contributed by atoms with van der Waals surface area (Å²) in [4.78, 5) is 60.3. The SMILES string of the molecule is CSCCC(NC(=O)C(CS)NC(=O)C(N)CCC(=O)O)C(=O)NC(Cc1ccc(O)cc1)C(=O)O. The Bertz CT molecular complexity index is 916. The molecular formula is C22H32N4O8S2. The number of phenolic OH excluding ortho intramolecular Hbond substituents is 1. The van der Waals surface area contributed by atoms with E-state index in [9.17, 15) is 34.2 Å². The van der Waals surface area contributed by atoms with Crippen LogP contribution >= 0.6 is 24.4 Å². The zero-order chi connectivity index (χ0) is 27.3.